The molecule has 0 heterocycles. The fourth-order valence-corrected chi connectivity index (χ4v) is 1.79. The fourth-order valence-electron chi connectivity index (χ4n) is 1.54. The molecule has 0 saturated heterocycles. The van der Waals surface area contributed by atoms with E-state index in [0.29, 0.717) is 10.5 Å². The third-order valence-electron chi connectivity index (χ3n) is 2.43. The summed E-state index contributed by atoms with van der Waals surface area (Å²) in [6.07, 6.45) is 3.18. The van der Waals surface area contributed by atoms with Crippen LogP contribution in [-0.2, 0) is 6.42 Å². The van der Waals surface area contributed by atoms with Crippen LogP contribution in [0.2, 0.25) is 0 Å². The van der Waals surface area contributed by atoms with Gasteiger partial charge in [0, 0.05) is 6.04 Å². The van der Waals surface area contributed by atoms with E-state index in [-0.39, 0.29) is 5.82 Å². The highest BCUT2D eigenvalue weighted by Crippen LogP contribution is 2.17. The SMILES string of the molecule is CC(C)NCCCCc1ccc(Br)c(F)c1. The minimum Gasteiger partial charge on any atom is -0.315 e. The van der Waals surface area contributed by atoms with Crippen molar-refractivity contribution in [2.45, 2.75) is 39.2 Å². The van der Waals surface area contributed by atoms with Crippen molar-refractivity contribution < 1.29 is 4.39 Å². The van der Waals surface area contributed by atoms with E-state index >= 15 is 0 Å². The molecule has 1 nitrogen and oxygen atoms in total. The van der Waals surface area contributed by atoms with Gasteiger partial charge >= 0.3 is 0 Å². The van der Waals surface area contributed by atoms with Crippen LogP contribution >= 0.6 is 15.9 Å². The number of nitrogens with one attached hydrogen (secondary N) is 1. The lowest BCUT2D eigenvalue weighted by Gasteiger charge is -2.07. The topological polar surface area (TPSA) is 12.0 Å². The maximum absolute atomic E-state index is 13.2. The zero-order chi connectivity index (χ0) is 12.0. The van der Waals surface area contributed by atoms with Crippen molar-refractivity contribution in [1.29, 1.82) is 0 Å². The van der Waals surface area contributed by atoms with Crippen LogP contribution in [0, 0.1) is 5.82 Å². The van der Waals surface area contributed by atoms with Gasteiger partial charge in [-0.05, 0) is 59.4 Å². The predicted molar refractivity (Wildman–Crippen MR) is 70.2 cm³/mol. The Morgan fingerprint density at radius 2 is 2.06 bits per heavy atom. The first-order valence-electron chi connectivity index (χ1n) is 5.77. The molecule has 1 aromatic rings. The Kier molecular flexibility index (Phi) is 5.99. The normalized spacial score (nSPS) is 11.1. The Morgan fingerprint density at radius 1 is 1.31 bits per heavy atom. The van der Waals surface area contributed by atoms with Crippen molar-refractivity contribution in [3.63, 3.8) is 0 Å². The molecular formula is C13H19BrFN. The Bertz CT molecular complexity index is 326. The largest absolute Gasteiger partial charge is 0.315 e. The zero-order valence-corrected chi connectivity index (χ0v) is 11.5. The van der Waals surface area contributed by atoms with Crippen molar-refractivity contribution in [3.05, 3.63) is 34.1 Å². The molecule has 0 amide bonds. The van der Waals surface area contributed by atoms with Gasteiger partial charge in [0.1, 0.15) is 5.82 Å². The molecule has 0 fully saturated rings. The van der Waals surface area contributed by atoms with Gasteiger partial charge in [-0.15, -0.1) is 0 Å². The average molecular weight is 288 g/mol. The first kappa shape index (κ1) is 13.7. The Morgan fingerprint density at radius 3 is 2.69 bits per heavy atom. The third-order valence-corrected chi connectivity index (χ3v) is 3.07. The van der Waals surface area contributed by atoms with Crippen LogP contribution in [0.1, 0.15) is 32.3 Å². The molecule has 90 valence electrons. The van der Waals surface area contributed by atoms with E-state index in [0.717, 1.165) is 31.4 Å². The maximum Gasteiger partial charge on any atom is 0.137 e. The molecule has 0 spiro atoms. The molecule has 1 aromatic carbocycles. The van der Waals surface area contributed by atoms with E-state index < -0.39 is 0 Å². The van der Waals surface area contributed by atoms with Crippen LogP contribution in [0.3, 0.4) is 0 Å². The van der Waals surface area contributed by atoms with Crippen molar-refractivity contribution >= 4 is 15.9 Å². The van der Waals surface area contributed by atoms with Crippen molar-refractivity contribution in [2.75, 3.05) is 6.54 Å². The van der Waals surface area contributed by atoms with Crippen LogP contribution in [0.25, 0.3) is 0 Å². The molecule has 0 unspecified atom stereocenters. The van der Waals surface area contributed by atoms with Gasteiger partial charge < -0.3 is 5.32 Å². The molecule has 0 atom stereocenters. The first-order valence-corrected chi connectivity index (χ1v) is 6.56. The molecule has 1 N–H and O–H groups in total. The lowest BCUT2D eigenvalue weighted by atomic mass is 10.1. The molecule has 0 bridgehead atoms. The van der Waals surface area contributed by atoms with Gasteiger partial charge in [-0.2, -0.15) is 0 Å². The van der Waals surface area contributed by atoms with Crippen LogP contribution in [0.5, 0.6) is 0 Å². The van der Waals surface area contributed by atoms with Gasteiger partial charge in [0.2, 0.25) is 0 Å². The van der Waals surface area contributed by atoms with Crippen molar-refractivity contribution in [2.24, 2.45) is 0 Å². The van der Waals surface area contributed by atoms with Gasteiger partial charge in [0.15, 0.2) is 0 Å². The molecule has 0 aliphatic heterocycles. The standard InChI is InChI=1S/C13H19BrFN/c1-10(2)16-8-4-3-5-11-6-7-12(14)13(15)9-11/h6-7,9-10,16H,3-5,8H2,1-2H3. The summed E-state index contributed by atoms with van der Waals surface area (Å²) in [6.45, 7) is 5.32. The van der Waals surface area contributed by atoms with E-state index in [1.54, 1.807) is 12.1 Å². The van der Waals surface area contributed by atoms with Crippen LogP contribution in [0.15, 0.2) is 22.7 Å². The summed E-state index contributed by atoms with van der Waals surface area (Å²) in [5.74, 6) is -0.169. The van der Waals surface area contributed by atoms with E-state index in [4.69, 9.17) is 0 Å². The number of hydrogen-bond donors (Lipinski definition) is 1. The summed E-state index contributed by atoms with van der Waals surface area (Å²) >= 11 is 3.15. The summed E-state index contributed by atoms with van der Waals surface area (Å²) in [7, 11) is 0. The summed E-state index contributed by atoms with van der Waals surface area (Å²) < 4.78 is 13.7. The average Bonchev–Trinajstić information content (AvgIpc) is 2.22. The molecule has 1 rings (SSSR count). The molecule has 3 heteroatoms. The van der Waals surface area contributed by atoms with Crippen LogP contribution < -0.4 is 5.32 Å². The zero-order valence-electron chi connectivity index (χ0n) is 9.89. The van der Waals surface area contributed by atoms with Gasteiger partial charge in [-0.25, -0.2) is 4.39 Å². The van der Waals surface area contributed by atoms with Gasteiger partial charge in [-0.1, -0.05) is 19.9 Å². The van der Waals surface area contributed by atoms with Gasteiger partial charge in [0.25, 0.3) is 0 Å². The fraction of sp³-hybridized carbons (Fsp3) is 0.538. The lowest BCUT2D eigenvalue weighted by Crippen LogP contribution is -2.23. The van der Waals surface area contributed by atoms with E-state index in [9.17, 15) is 4.39 Å². The maximum atomic E-state index is 13.2. The molecular weight excluding hydrogens is 269 g/mol. The third kappa shape index (κ3) is 5.08. The number of aryl methyl sites for hydroxylation is 1. The van der Waals surface area contributed by atoms with Crippen molar-refractivity contribution in [3.8, 4) is 0 Å². The number of rotatable bonds is 6. The van der Waals surface area contributed by atoms with E-state index in [2.05, 4.69) is 35.1 Å². The Hall–Kier alpha value is -0.410. The van der Waals surface area contributed by atoms with Gasteiger partial charge in [0.05, 0.1) is 4.47 Å². The second kappa shape index (κ2) is 7.02. The smallest absolute Gasteiger partial charge is 0.137 e. The first-order chi connectivity index (χ1) is 7.59. The molecule has 0 radical (unpaired) electrons. The van der Waals surface area contributed by atoms with E-state index in [1.165, 1.54) is 0 Å². The number of unbranched alkanes of at least 4 members (excludes halogenated alkanes) is 1. The van der Waals surface area contributed by atoms with Crippen LogP contribution in [0.4, 0.5) is 4.39 Å². The lowest BCUT2D eigenvalue weighted by molar-refractivity contribution is 0.556. The second-order valence-corrected chi connectivity index (χ2v) is 5.17. The molecule has 0 aromatic heterocycles. The molecule has 0 aliphatic rings. The summed E-state index contributed by atoms with van der Waals surface area (Å²) in [4.78, 5) is 0. The summed E-state index contributed by atoms with van der Waals surface area (Å²) in [6, 6.07) is 5.91. The quantitative estimate of drug-likeness (QED) is 0.783. The molecule has 0 saturated carbocycles. The summed E-state index contributed by atoms with van der Waals surface area (Å²) in [5.41, 5.74) is 1.07. The Balaban J connectivity index is 2.24. The minimum absolute atomic E-state index is 0.169. The predicted octanol–water partition coefficient (Wildman–Crippen LogP) is 3.91. The Labute approximate surface area is 106 Å². The van der Waals surface area contributed by atoms with Crippen molar-refractivity contribution in [1.82, 2.24) is 5.32 Å². The highest BCUT2D eigenvalue weighted by molar-refractivity contribution is 9.10. The monoisotopic (exact) mass is 287 g/mol. The minimum atomic E-state index is -0.169. The number of benzene rings is 1. The summed E-state index contributed by atoms with van der Waals surface area (Å²) in [5, 5.41) is 3.37. The second-order valence-electron chi connectivity index (χ2n) is 4.31. The number of halogens is 2. The highest BCUT2D eigenvalue weighted by Gasteiger charge is 2.00. The van der Waals surface area contributed by atoms with Crippen LogP contribution in [-0.4, -0.2) is 12.6 Å². The highest BCUT2D eigenvalue weighted by atomic mass is 79.9. The number of hydrogen-bond acceptors (Lipinski definition) is 1. The van der Waals surface area contributed by atoms with E-state index in [1.807, 2.05) is 6.07 Å². The van der Waals surface area contributed by atoms with Gasteiger partial charge in [-0.3, -0.25) is 0 Å². The molecule has 0 aliphatic carbocycles. The molecule has 16 heavy (non-hydrogen) atoms.